The Labute approximate surface area is 178 Å². The fourth-order valence-corrected chi connectivity index (χ4v) is 3.50. The molecule has 0 saturated carbocycles. The summed E-state index contributed by atoms with van der Waals surface area (Å²) in [5.74, 6) is 2.30. The molecule has 1 N–H and O–H groups in total. The van der Waals surface area contributed by atoms with E-state index in [1.165, 1.54) is 7.11 Å². The van der Waals surface area contributed by atoms with Crippen molar-refractivity contribution in [1.82, 2.24) is 4.90 Å². The molecule has 3 amide bonds. The number of rotatable bonds is 7. The van der Waals surface area contributed by atoms with E-state index >= 15 is 0 Å². The summed E-state index contributed by atoms with van der Waals surface area (Å²) >= 11 is 0.776. The molecule has 0 spiro atoms. The number of amides is 3. The highest BCUT2D eigenvalue weighted by Gasteiger charge is 2.36. The summed E-state index contributed by atoms with van der Waals surface area (Å²) in [6, 6.07) is 13.8. The molecule has 30 heavy (non-hydrogen) atoms. The van der Waals surface area contributed by atoms with Gasteiger partial charge in [-0.15, -0.1) is 6.42 Å². The Morgan fingerprint density at radius 3 is 2.67 bits per heavy atom. The number of terminal acetylenes is 1. The van der Waals surface area contributed by atoms with Crippen LogP contribution in [0.15, 0.2) is 53.4 Å². The van der Waals surface area contributed by atoms with Gasteiger partial charge in [0.15, 0.2) is 11.5 Å². The number of nitrogens with one attached hydrogen (secondary N) is 1. The molecular weight excluding hydrogens is 404 g/mol. The molecule has 1 aliphatic heterocycles. The van der Waals surface area contributed by atoms with E-state index in [0.717, 1.165) is 16.7 Å². The molecule has 1 fully saturated rings. The maximum atomic E-state index is 12.6. The largest absolute Gasteiger partial charge is 0.493 e. The lowest BCUT2D eigenvalue weighted by molar-refractivity contribution is -0.127. The Balaban J connectivity index is 1.71. The van der Waals surface area contributed by atoms with Crippen molar-refractivity contribution in [2.24, 2.45) is 0 Å². The minimum absolute atomic E-state index is 0.0969. The van der Waals surface area contributed by atoms with E-state index in [2.05, 4.69) is 11.2 Å². The summed E-state index contributed by atoms with van der Waals surface area (Å²) in [4.78, 5) is 38.2. The molecule has 0 radical (unpaired) electrons. The number of para-hydroxylation sites is 1. The lowest BCUT2D eigenvalue weighted by atomic mass is 10.2. The summed E-state index contributed by atoms with van der Waals surface area (Å²) in [6.07, 6.45) is 6.76. The van der Waals surface area contributed by atoms with Gasteiger partial charge in [-0.1, -0.05) is 30.2 Å². The number of carbonyl (C=O) groups is 3. The van der Waals surface area contributed by atoms with E-state index < -0.39 is 17.1 Å². The van der Waals surface area contributed by atoms with Crippen molar-refractivity contribution < 1.29 is 23.9 Å². The summed E-state index contributed by atoms with van der Waals surface area (Å²) in [5, 5.41) is 2.15. The van der Waals surface area contributed by atoms with Crippen LogP contribution in [0.4, 0.5) is 10.5 Å². The van der Waals surface area contributed by atoms with Crippen molar-refractivity contribution >= 4 is 40.6 Å². The maximum Gasteiger partial charge on any atom is 0.294 e. The first kappa shape index (κ1) is 21.0. The second-order valence-corrected chi connectivity index (χ2v) is 7.08. The quantitative estimate of drug-likeness (QED) is 0.544. The molecule has 3 rings (SSSR count). The first-order valence-corrected chi connectivity index (χ1v) is 9.68. The number of hydrogen-bond donors (Lipinski definition) is 1. The number of ether oxygens (including phenoxy) is 2. The molecule has 0 unspecified atom stereocenters. The molecule has 1 saturated heterocycles. The molecular formula is C22H18N2O5S. The van der Waals surface area contributed by atoms with Gasteiger partial charge < -0.3 is 14.8 Å². The van der Waals surface area contributed by atoms with Crippen LogP contribution in [-0.4, -0.2) is 42.2 Å². The lowest BCUT2D eigenvalue weighted by Gasteiger charge is -2.12. The van der Waals surface area contributed by atoms with E-state index in [1.807, 2.05) is 6.07 Å². The van der Waals surface area contributed by atoms with Crippen molar-refractivity contribution in [1.29, 1.82) is 0 Å². The predicted molar refractivity (Wildman–Crippen MR) is 115 cm³/mol. The van der Waals surface area contributed by atoms with Crippen LogP contribution in [0, 0.1) is 12.3 Å². The third kappa shape index (κ3) is 5.01. The number of methoxy groups -OCH3 is 1. The van der Waals surface area contributed by atoms with Crippen molar-refractivity contribution in [3.05, 3.63) is 59.0 Å². The predicted octanol–water partition coefficient (Wildman–Crippen LogP) is 3.38. The van der Waals surface area contributed by atoms with Gasteiger partial charge in [-0.25, -0.2) is 0 Å². The molecule has 0 aromatic heterocycles. The maximum absolute atomic E-state index is 12.6. The average Bonchev–Trinajstić information content (AvgIpc) is 3.00. The number of anilines is 1. The first-order chi connectivity index (χ1) is 14.5. The molecule has 1 aliphatic rings. The van der Waals surface area contributed by atoms with Gasteiger partial charge >= 0.3 is 0 Å². The van der Waals surface area contributed by atoms with Crippen LogP contribution in [-0.2, 0) is 9.59 Å². The first-order valence-electron chi connectivity index (χ1n) is 8.86. The van der Waals surface area contributed by atoms with Crippen LogP contribution < -0.4 is 14.8 Å². The Kier molecular flexibility index (Phi) is 6.78. The van der Waals surface area contributed by atoms with Crippen LogP contribution in [0.5, 0.6) is 11.5 Å². The molecule has 0 aliphatic carbocycles. The molecule has 0 bridgehead atoms. The van der Waals surface area contributed by atoms with Crippen LogP contribution in [0.3, 0.4) is 0 Å². The number of benzene rings is 2. The van der Waals surface area contributed by atoms with Gasteiger partial charge in [-0.05, 0) is 47.7 Å². The van der Waals surface area contributed by atoms with Gasteiger partial charge in [0.25, 0.3) is 11.1 Å². The highest BCUT2D eigenvalue weighted by atomic mass is 32.2. The van der Waals surface area contributed by atoms with Gasteiger partial charge in [0.05, 0.1) is 12.0 Å². The lowest BCUT2D eigenvalue weighted by Crippen LogP contribution is -2.36. The number of thioether (sulfide) groups is 1. The molecule has 1 heterocycles. The molecule has 152 valence electrons. The fraction of sp³-hybridized carbons (Fsp3) is 0.136. The Bertz CT molecular complexity index is 1040. The highest BCUT2D eigenvalue weighted by molar-refractivity contribution is 8.18. The van der Waals surface area contributed by atoms with Crippen molar-refractivity contribution in [3.8, 4) is 23.8 Å². The van der Waals surface area contributed by atoms with Gasteiger partial charge in [-0.2, -0.15) is 0 Å². The minimum Gasteiger partial charge on any atom is -0.493 e. The number of imide groups is 1. The Morgan fingerprint density at radius 1 is 1.20 bits per heavy atom. The van der Waals surface area contributed by atoms with Crippen molar-refractivity contribution in [2.45, 2.75) is 0 Å². The molecule has 2 aromatic carbocycles. The van der Waals surface area contributed by atoms with Crippen LogP contribution >= 0.6 is 11.8 Å². The Morgan fingerprint density at radius 2 is 1.97 bits per heavy atom. The number of hydrogen-bond acceptors (Lipinski definition) is 6. The van der Waals surface area contributed by atoms with Crippen LogP contribution in [0.25, 0.3) is 6.08 Å². The third-order valence-corrected chi connectivity index (χ3v) is 4.94. The van der Waals surface area contributed by atoms with Gasteiger partial charge in [0.1, 0.15) is 13.2 Å². The summed E-state index contributed by atoms with van der Waals surface area (Å²) < 4.78 is 10.7. The standard InChI is InChI=1S/C22H18N2O5S/c1-3-11-29-17-10-9-15(12-18(17)28-2)13-19-21(26)24(22(27)30-19)14-20(25)23-16-7-5-4-6-8-16/h1,4-10,12-13H,11,14H2,2H3,(H,23,25)/b19-13-. The second kappa shape index (κ2) is 9.67. The zero-order valence-corrected chi connectivity index (χ0v) is 16.9. The SMILES string of the molecule is C#CCOc1ccc(/C=C2\SC(=O)N(CC(=O)Nc3ccccc3)C2=O)cc1OC. The highest BCUT2D eigenvalue weighted by Crippen LogP contribution is 2.34. The zero-order chi connectivity index (χ0) is 21.5. The van der Waals surface area contributed by atoms with Crippen molar-refractivity contribution in [3.63, 3.8) is 0 Å². The van der Waals surface area contributed by atoms with Gasteiger partial charge in [0, 0.05) is 5.69 Å². The van der Waals surface area contributed by atoms with E-state index in [4.69, 9.17) is 15.9 Å². The number of carbonyl (C=O) groups excluding carboxylic acids is 3. The fourth-order valence-electron chi connectivity index (χ4n) is 2.67. The summed E-state index contributed by atoms with van der Waals surface area (Å²) in [5.41, 5.74) is 1.23. The Hall–Kier alpha value is -3.70. The van der Waals surface area contributed by atoms with Crippen molar-refractivity contribution in [2.75, 3.05) is 25.6 Å². The molecule has 8 heteroatoms. The minimum atomic E-state index is -0.528. The van der Waals surface area contributed by atoms with Gasteiger partial charge in [-0.3, -0.25) is 19.3 Å². The molecule has 7 nitrogen and oxygen atoms in total. The normalized spacial score (nSPS) is 14.5. The third-order valence-electron chi connectivity index (χ3n) is 4.03. The van der Waals surface area contributed by atoms with Crippen LogP contribution in [0.2, 0.25) is 0 Å². The average molecular weight is 422 g/mol. The topological polar surface area (TPSA) is 84.9 Å². The monoisotopic (exact) mass is 422 g/mol. The smallest absolute Gasteiger partial charge is 0.294 e. The summed E-state index contributed by atoms with van der Waals surface area (Å²) in [7, 11) is 1.49. The van der Waals surface area contributed by atoms with Gasteiger partial charge in [0.2, 0.25) is 5.91 Å². The summed E-state index contributed by atoms with van der Waals surface area (Å²) in [6.45, 7) is -0.265. The molecule has 0 atom stereocenters. The second-order valence-electron chi connectivity index (χ2n) is 6.09. The van der Waals surface area contributed by atoms with E-state index in [1.54, 1.807) is 48.5 Å². The van der Waals surface area contributed by atoms with E-state index in [0.29, 0.717) is 22.7 Å². The number of nitrogens with zero attached hydrogens (tertiary/aromatic N) is 1. The zero-order valence-electron chi connectivity index (χ0n) is 16.1. The van der Waals surface area contributed by atoms with E-state index in [9.17, 15) is 14.4 Å². The molecule has 2 aromatic rings. The van der Waals surface area contributed by atoms with Crippen LogP contribution in [0.1, 0.15) is 5.56 Å². The van der Waals surface area contributed by atoms with E-state index in [-0.39, 0.29) is 18.1 Å².